The largest absolute Gasteiger partial charge is 0.508 e. The molecule has 13 nitrogen and oxygen atoms in total. The van der Waals surface area contributed by atoms with Gasteiger partial charge in [0.05, 0.1) is 5.56 Å². The van der Waals surface area contributed by atoms with E-state index in [4.69, 9.17) is 18.9 Å². The summed E-state index contributed by atoms with van der Waals surface area (Å²) in [6.07, 6.45) is -3.32. The molecule has 0 radical (unpaired) electrons. The van der Waals surface area contributed by atoms with Gasteiger partial charge in [-0.2, -0.15) is 0 Å². The van der Waals surface area contributed by atoms with Crippen LogP contribution in [0.5, 0.6) is 28.7 Å². The summed E-state index contributed by atoms with van der Waals surface area (Å²) in [6, 6.07) is 14.1. The first kappa shape index (κ1) is 32.5. The second-order valence-electron chi connectivity index (χ2n) is 9.87. The summed E-state index contributed by atoms with van der Waals surface area (Å²) in [7, 11) is 0. The number of benzene rings is 3. The van der Waals surface area contributed by atoms with Crippen molar-refractivity contribution in [3.63, 3.8) is 0 Å². The van der Waals surface area contributed by atoms with Crippen LogP contribution in [-0.2, 0) is 23.8 Å². The van der Waals surface area contributed by atoms with Crippen molar-refractivity contribution >= 4 is 29.9 Å². The number of ether oxygens (including phenoxy) is 4. The Hall–Kier alpha value is -5.37. The molecule has 3 aromatic rings. The maximum Gasteiger partial charge on any atom is 0.331 e. The SMILES string of the molecule is CC(=O)OC[C@H]1O[C@@H](Oc2ccc(C(=O)/C=C/c3ccc(O)cc3)c(O)c2O)[C@H](OC(=O)/C=C/c2ccc(O)cc2)[C@@H](O)[C@@H]1O. The Morgan fingerprint density at radius 2 is 1.36 bits per heavy atom. The van der Waals surface area contributed by atoms with Crippen LogP contribution in [0.15, 0.2) is 72.8 Å². The van der Waals surface area contributed by atoms with Crippen LogP contribution in [0.25, 0.3) is 12.2 Å². The van der Waals surface area contributed by atoms with E-state index in [1.165, 1.54) is 48.6 Å². The molecule has 3 aromatic carbocycles. The number of aliphatic hydroxyl groups is 2. The molecular formula is C32H30O13. The Morgan fingerprint density at radius 1 is 0.778 bits per heavy atom. The van der Waals surface area contributed by atoms with Crippen molar-refractivity contribution in [1.82, 2.24) is 0 Å². The van der Waals surface area contributed by atoms with Crippen molar-refractivity contribution in [2.75, 3.05) is 6.61 Å². The molecule has 0 spiro atoms. The minimum atomic E-state index is -1.82. The summed E-state index contributed by atoms with van der Waals surface area (Å²) in [4.78, 5) is 36.7. The van der Waals surface area contributed by atoms with Gasteiger partial charge in [0.2, 0.25) is 12.0 Å². The number of esters is 2. The molecule has 1 saturated heterocycles. The Morgan fingerprint density at radius 3 is 1.93 bits per heavy atom. The highest BCUT2D eigenvalue weighted by Gasteiger charge is 2.48. The predicted octanol–water partition coefficient (Wildman–Crippen LogP) is 2.42. The van der Waals surface area contributed by atoms with Crippen LogP contribution in [0.1, 0.15) is 28.4 Å². The molecule has 4 rings (SSSR count). The van der Waals surface area contributed by atoms with Gasteiger partial charge in [-0.05, 0) is 59.7 Å². The standard InChI is InChI=1S/C32H30O13/c1-17(33)42-16-25-29(40)30(41)31(45-26(37)15-7-19-4-10-21(35)11-5-19)32(44-25)43-24-14-12-22(27(38)28(24)39)23(36)13-6-18-2-8-20(34)9-3-18/h2-15,25,29-32,34-35,38-41H,16H2,1H3/b13-6+,15-7+/t25-,29-,30+,31-,32-/m1/s1. The third-order valence-electron chi connectivity index (χ3n) is 6.60. The maximum atomic E-state index is 12.7. The number of aromatic hydroxyl groups is 4. The van der Waals surface area contributed by atoms with Crippen molar-refractivity contribution in [2.45, 2.75) is 37.6 Å². The molecular weight excluding hydrogens is 592 g/mol. The Balaban J connectivity index is 1.55. The van der Waals surface area contributed by atoms with Crippen molar-refractivity contribution in [1.29, 1.82) is 0 Å². The number of carbonyl (C=O) groups is 3. The first-order chi connectivity index (χ1) is 21.4. The summed E-state index contributed by atoms with van der Waals surface area (Å²) in [5, 5.41) is 61.5. The quantitative estimate of drug-likeness (QED) is 0.0832. The fourth-order valence-corrected chi connectivity index (χ4v) is 4.21. The second kappa shape index (κ2) is 14.4. The maximum absolute atomic E-state index is 12.7. The summed E-state index contributed by atoms with van der Waals surface area (Å²) >= 11 is 0. The molecule has 0 saturated carbocycles. The fraction of sp³-hybridized carbons (Fsp3) is 0.219. The van der Waals surface area contributed by atoms with Crippen LogP contribution in [0, 0.1) is 0 Å². The zero-order chi connectivity index (χ0) is 32.7. The Labute approximate surface area is 256 Å². The zero-order valence-corrected chi connectivity index (χ0v) is 23.7. The van der Waals surface area contributed by atoms with E-state index >= 15 is 0 Å². The summed E-state index contributed by atoms with van der Waals surface area (Å²) < 4.78 is 21.5. The lowest BCUT2D eigenvalue weighted by Gasteiger charge is -2.41. The van der Waals surface area contributed by atoms with Crippen molar-refractivity contribution < 1.29 is 64.0 Å². The first-order valence-electron chi connectivity index (χ1n) is 13.5. The minimum absolute atomic E-state index is 0.0201. The molecule has 5 atom stereocenters. The summed E-state index contributed by atoms with van der Waals surface area (Å²) in [6.45, 7) is 0.612. The van der Waals surface area contributed by atoms with E-state index in [-0.39, 0.29) is 17.1 Å². The Kier molecular flexibility index (Phi) is 10.4. The van der Waals surface area contributed by atoms with E-state index < -0.39 is 72.3 Å². The smallest absolute Gasteiger partial charge is 0.331 e. The molecule has 236 valence electrons. The van der Waals surface area contributed by atoms with Gasteiger partial charge in [-0.3, -0.25) is 9.59 Å². The lowest BCUT2D eigenvalue weighted by molar-refractivity contribution is -0.282. The van der Waals surface area contributed by atoms with Gasteiger partial charge in [0.15, 0.2) is 23.4 Å². The second-order valence-corrected chi connectivity index (χ2v) is 9.87. The van der Waals surface area contributed by atoms with Gasteiger partial charge in [0.1, 0.15) is 36.4 Å². The molecule has 1 fully saturated rings. The summed E-state index contributed by atoms with van der Waals surface area (Å²) in [5.41, 5.74) is 0.833. The lowest BCUT2D eigenvalue weighted by atomic mass is 9.99. The molecule has 6 N–H and O–H groups in total. The van der Waals surface area contributed by atoms with Crippen LogP contribution in [0.3, 0.4) is 0 Å². The normalized spacial score (nSPS) is 21.4. The molecule has 0 amide bonds. The number of hydrogen-bond acceptors (Lipinski definition) is 13. The van der Waals surface area contributed by atoms with E-state index in [0.717, 1.165) is 31.2 Å². The van der Waals surface area contributed by atoms with E-state index in [0.29, 0.717) is 11.1 Å². The number of phenolic OH excluding ortho intramolecular Hbond substituents is 4. The molecule has 0 bridgehead atoms. The molecule has 0 aliphatic carbocycles. The molecule has 1 aliphatic rings. The number of ketones is 1. The van der Waals surface area contributed by atoms with Crippen molar-refractivity contribution in [3.05, 3.63) is 89.5 Å². The van der Waals surface area contributed by atoms with Gasteiger partial charge < -0.3 is 49.6 Å². The number of allylic oxidation sites excluding steroid dienone is 1. The van der Waals surface area contributed by atoms with Crippen molar-refractivity contribution in [2.24, 2.45) is 0 Å². The average molecular weight is 623 g/mol. The monoisotopic (exact) mass is 622 g/mol. The van der Waals surface area contributed by atoms with Crippen LogP contribution in [-0.4, -0.2) is 85.7 Å². The number of aliphatic hydroxyl groups excluding tert-OH is 2. The highest BCUT2D eigenvalue weighted by molar-refractivity contribution is 6.09. The van der Waals surface area contributed by atoms with E-state index in [1.54, 1.807) is 12.1 Å². The molecule has 45 heavy (non-hydrogen) atoms. The molecule has 0 aromatic heterocycles. The zero-order valence-electron chi connectivity index (χ0n) is 23.7. The number of phenols is 4. The van der Waals surface area contributed by atoms with Crippen molar-refractivity contribution in [3.8, 4) is 28.7 Å². The number of rotatable bonds is 10. The third-order valence-corrected chi connectivity index (χ3v) is 6.60. The van der Waals surface area contributed by atoms with Crippen LogP contribution in [0.4, 0.5) is 0 Å². The van der Waals surface area contributed by atoms with Gasteiger partial charge in [-0.1, -0.05) is 30.3 Å². The first-order valence-corrected chi connectivity index (χ1v) is 13.5. The Bertz CT molecular complexity index is 1580. The van der Waals surface area contributed by atoms with Gasteiger partial charge in [0, 0.05) is 13.0 Å². The van der Waals surface area contributed by atoms with Gasteiger partial charge >= 0.3 is 11.9 Å². The summed E-state index contributed by atoms with van der Waals surface area (Å²) in [5.74, 6) is -4.46. The van der Waals surface area contributed by atoms with Gasteiger partial charge in [0.25, 0.3) is 0 Å². The molecule has 1 aliphatic heterocycles. The van der Waals surface area contributed by atoms with Crippen LogP contribution >= 0.6 is 0 Å². The topological polar surface area (TPSA) is 210 Å². The van der Waals surface area contributed by atoms with Gasteiger partial charge in [-0.25, -0.2) is 4.79 Å². The van der Waals surface area contributed by atoms with Crippen LogP contribution in [0.2, 0.25) is 0 Å². The average Bonchev–Trinajstić information content (AvgIpc) is 3.01. The highest BCUT2D eigenvalue weighted by Crippen LogP contribution is 2.40. The predicted molar refractivity (Wildman–Crippen MR) is 156 cm³/mol. The molecule has 1 heterocycles. The molecule has 13 heteroatoms. The number of hydrogen-bond donors (Lipinski definition) is 6. The van der Waals surface area contributed by atoms with E-state index in [9.17, 15) is 45.0 Å². The van der Waals surface area contributed by atoms with E-state index in [1.807, 2.05) is 0 Å². The lowest BCUT2D eigenvalue weighted by Crippen LogP contribution is -2.61. The number of carbonyl (C=O) groups excluding carboxylic acids is 3. The minimum Gasteiger partial charge on any atom is -0.508 e. The van der Waals surface area contributed by atoms with Crippen LogP contribution < -0.4 is 4.74 Å². The highest BCUT2D eigenvalue weighted by atomic mass is 16.7. The van der Waals surface area contributed by atoms with Gasteiger partial charge in [-0.15, -0.1) is 0 Å². The fourth-order valence-electron chi connectivity index (χ4n) is 4.21. The van der Waals surface area contributed by atoms with E-state index in [2.05, 4.69) is 0 Å². The third kappa shape index (κ3) is 8.38. The molecule has 0 unspecified atom stereocenters.